The van der Waals surface area contributed by atoms with Crippen LogP contribution >= 0.6 is 0 Å². The van der Waals surface area contributed by atoms with E-state index in [-0.39, 0.29) is 11.8 Å². The van der Waals surface area contributed by atoms with Crippen LogP contribution in [0.5, 0.6) is 0 Å². The van der Waals surface area contributed by atoms with Gasteiger partial charge in [-0.05, 0) is 42.8 Å². The highest BCUT2D eigenvalue weighted by atomic mass is 19.1. The molecule has 1 fully saturated rings. The highest BCUT2D eigenvalue weighted by Crippen LogP contribution is 2.28. The summed E-state index contributed by atoms with van der Waals surface area (Å²) in [6.07, 6.45) is 0. The summed E-state index contributed by atoms with van der Waals surface area (Å²) in [5, 5.41) is 0. The number of aryl methyl sites for hydroxylation is 1. The van der Waals surface area contributed by atoms with Gasteiger partial charge in [0.15, 0.2) is 5.82 Å². The molecule has 0 atom stereocenters. The number of benzene rings is 1. The lowest BCUT2D eigenvalue weighted by Crippen LogP contribution is -2.37. The molecule has 0 spiro atoms. The monoisotopic (exact) mass is 339 g/mol. The van der Waals surface area contributed by atoms with Crippen LogP contribution in [0, 0.1) is 12.7 Å². The van der Waals surface area contributed by atoms with E-state index in [9.17, 15) is 4.39 Å². The Hall–Kier alpha value is -2.80. The molecule has 4 rings (SSSR count). The summed E-state index contributed by atoms with van der Waals surface area (Å²) in [7, 11) is 0. The number of hydrogen-bond acceptors (Lipinski definition) is 6. The van der Waals surface area contributed by atoms with Gasteiger partial charge in [-0.25, -0.2) is 14.4 Å². The second kappa shape index (κ2) is 6.25. The minimum Gasteiger partial charge on any atom is -0.378 e. The molecule has 128 valence electrons. The van der Waals surface area contributed by atoms with Crippen LogP contribution in [0.2, 0.25) is 0 Å². The molecule has 0 aliphatic carbocycles. The second-order valence-corrected chi connectivity index (χ2v) is 6.03. The van der Waals surface area contributed by atoms with Gasteiger partial charge < -0.3 is 15.4 Å². The van der Waals surface area contributed by atoms with Crippen molar-refractivity contribution in [2.24, 2.45) is 0 Å². The van der Waals surface area contributed by atoms with Crippen LogP contribution in [-0.2, 0) is 4.74 Å². The van der Waals surface area contributed by atoms with E-state index in [2.05, 4.69) is 14.9 Å². The van der Waals surface area contributed by atoms with Crippen molar-refractivity contribution in [2.45, 2.75) is 6.92 Å². The third-order valence-corrected chi connectivity index (χ3v) is 4.31. The quantitative estimate of drug-likeness (QED) is 0.773. The van der Waals surface area contributed by atoms with Gasteiger partial charge in [0.05, 0.1) is 24.4 Å². The largest absolute Gasteiger partial charge is 0.378 e. The maximum atomic E-state index is 13.5. The molecule has 0 radical (unpaired) electrons. The third-order valence-electron chi connectivity index (χ3n) is 4.31. The van der Waals surface area contributed by atoms with Crippen LogP contribution < -0.4 is 10.6 Å². The Morgan fingerprint density at radius 2 is 1.88 bits per heavy atom. The lowest BCUT2D eigenvalue weighted by molar-refractivity contribution is 0.122. The van der Waals surface area contributed by atoms with E-state index >= 15 is 0 Å². The molecule has 2 N–H and O–H groups in total. The fourth-order valence-corrected chi connectivity index (χ4v) is 2.98. The minimum absolute atomic E-state index is 0.223. The molecule has 0 saturated carbocycles. The second-order valence-electron chi connectivity index (χ2n) is 6.03. The van der Waals surface area contributed by atoms with Gasteiger partial charge in [-0.3, -0.25) is 0 Å². The van der Waals surface area contributed by atoms with Gasteiger partial charge in [-0.15, -0.1) is 0 Å². The molecular weight excluding hydrogens is 321 g/mol. The predicted octanol–water partition coefficient (Wildman–Crippen LogP) is 2.56. The van der Waals surface area contributed by atoms with Gasteiger partial charge in [0.2, 0.25) is 5.95 Å². The van der Waals surface area contributed by atoms with Crippen molar-refractivity contribution in [2.75, 3.05) is 36.9 Å². The van der Waals surface area contributed by atoms with E-state index in [0.29, 0.717) is 35.6 Å². The zero-order valence-electron chi connectivity index (χ0n) is 13.9. The lowest BCUT2D eigenvalue weighted by Gasteiger charge is -2.28. The smallest absolute Gasteiger partial charge is 0.222 e. The lowest BCUT2D eigenvalue weighted by atomic mass is 10.1. The summed E-state index contributed by atoms with van der Waals surface area (Å²) in [4.78, 5) is 15.5. The number of nitrogens with two attached hydrogens (primary N) is 1. The number of rotatable bonds is 2. The molecule has 7 heteroatoms. The molecule has 25 heavy (non-hydrogen) atoms. The van der Waals surface area contributed by atoms with E-state index < -0.39 is 0 Å². The number of aromatic nitrogens is 3. The van der Waals surface area contributed by atoms with Crippen LogP contribution in [0.3, 0.4) is 0 Å². The number of ether oxygens (including phenoxy) is 1. The topological polar surface area (TPSA) is 77.2 Å². The molecule has 3 aromatic rings. The van der Waals surface area contributed by atoms with Crippen LogP contribution in [-0.4, -0.2) is 41.3 Å². The Morgan fingerprint density at radius 1 is 1.08 bits per heavy atom. The van der Waals surface area contributed by atoms with Crippen molar-refractivity contribution in [1.82, 2.24) is 15.0 Å². The number of pyridine rings is 1. The number of morpholine rings is 1. The first-order valence-corrected chi connectivity index (χ1v) is 8.15. The first-order valence-electron chi connectivity index (χ1n) is 8.15. The van der Waals surface area contributed by atoms with Gasteiger partial charge in [-0.1, -0.05) is 0 Å². The number of hydrogen-bond donors (Lipinski definition) is 1. The van der Waals surface area contributed by atoms with E-state index in [1.54, 1.807) is 19.1 Å². The summed E-state index contributed by atoms with van der Waals surface area (Å²) in [6.45, 7) is 4.48. The zero-order chi connectivity index (χ0) is 17.4. The Labute approximate surface area is 144 Å². The molecule has 1 aliphatic heterocycles. The molecule has 0 unspecified atom stereocenters. The number of fused-ring (bicyclic) bond motifs is 1. The predicted molar refractivity (Wildman–Crippen MR) is 94.9 cm³/mol. The summed E-state index contributed by atoms with van der Waals surface area (Å²) in [5.41, 5.74) is 9.43. The van der Waals surface area contributed by atoms with Gasteiger partial charge in [0, 0.05) is 18.7 Å². The summed E-state index contributed by atoms with van der Waals surface area (Å²) < 4.78 is 19.0. The van der Waals surface area contributed by atoms with Gasteiger partial charge >= 0.3 is 0 Å². The molecule has 1 saturated heterocycles. The number of anilines is 2. The summed E-state index contributed by atoms with van der Waals surface area (Å²) in [5.74, 6) is 0.710. The van der Waals surface area contributed by atoms with Crippen molar-refractivity contribution in [3.8, 4) is 11.3 Å². The van der Waals surface area contributed by atoms with E-state index in [0.717, 1.165) is 24.3 Å². The molecule has 3 heterocycles. The van der Waals surface area contributed by atoms with Gasteiger partial charge in [-0.2, -0.15) is 4.98 Å². The fraction of sp³-hybridized carbons (Fsp3) is 0.278. The van der Waals surface area contributed by atoms with E-state index in [1.165, 1.54) is 6.07 Å². The summed E-state index contributed by atoms with van der Waals surface area (Å²) >= 11 is 0. The van der Waals surface area contributed by atoms with Gasteiger partial charge in [0.25, 0.3) is 0 Å². The van der Waals surface area contributed by atoms with Crippen molar-refractivity contribution in [1.29, 1.82) is 0 Å². The number of halogens is 1. The Kier molecular flexibility index (Phi) is 3.93. The van der Waals surface area contributed by atoms with Crippen molar-refractivity contribution in [3.63, 3.8) is 0 Å². The van der Waals surface area contributed by atoms with E-state index in [4.69, 9.17) is 15.5 Å². The van der Waals surface area contributed by atoms with E-state index in [1.807, 2.05) is 12.1 Å². The Morgan fingerprint density at radius 3 is 2.64 bits per heavy atom. The minimum atomic E-state index is -0.227. The molecule has 2 aromatic heterocycles. The SMILES string of the molecule is Cc1cc(-c2ccc3nc(N)nc(N4CCOCC4)c3n2)ccc1F. The van der Waals surface area contributed by atoms with Crippen LogP contribution in [0.4, 0.5) is 16.2 Å². The first kappa shape index (κ1) is 15.7. The molecule has 0 bridgehead atoms. The van der Waals surface area contributed by atoms with Gasteiger partial charge in [0.1, 0.15) is 11.3 Å². The van der Waals surface area contributed by atoms with Crippen LogP contribution in [0.25, 0.3) is 22.3 Å². The fourth-order valence-electron chi connectivity index (χ4n) is 2.98. The molecular formula is C18H18FN5O. The van der Waals surface area contributed by atoms with Crippen molar-refractivity contribution >= 4 is 22.8 Å². The van der Waals surface area contributed by atoms with Crippen LogP contribution in [0.1, 0.15) is 5.56 Å². The highest BCUT2D eigenvalue weighted by molar-refractivity contribution is 5.88. The molecule has 1 aromatic carbocycles. The van der Waals surface area contributed by atoms with Crippen molar-refractivity contribution in [3.05, 3.63) is 41.7 Å². The van der Waals surface area contributed by atoms with Crippen LogP contribution in [0.15, 0.2) is 30.3 Å². The first-order chi connectivity index (χ1) is 12.1. The average Bonchev–Trinajstić information content (AvgIpc) is 2.63. The number of nitrogens with zero attached hydrogens (tertiary/aromatic N) is 4. The third kappa shape index (κ3) is 2.98. The maximum Gasteiger partial charge on any atom is 0.222 e. The highest BCUT2D eigenvalue weighted by Gasteiger charge is 2.18. The molecule has 1 aliphatic rings. The number of nitrogen functional groups attached to an aromatic ring is 1. The average molecular weight is 339 g/mol. The van der Waals surface area contributed by atoms with Crippen molar-refractivity contribution < 1.29 is 9.13 Å². The zero-order valence-corrected chi connectivity index (χ0v) is 13.9. The Bertz CT molecular complexity index is 940. The molecule has 0 amide bonds. The standard InChI is InChI=1S/C18H18FN5O/c1-11-10-12(2-3-13(11)19)14-4-5-15-16(21-14)17(23-18(20)22-15)24-6-8-25-9-7-24/h2-5,10H,6-9H2,1H3,(H2,20,22,23). The Balaban J connectivity index is 1.85. The normalized spacial score (nSPS) is 14.9. The molecule has 6 nitrogen and oxygen atoms in total. The summed E-state index contributed by atoms with van der Waals surface area (Å²) in [6, 6.07) is 8.71. The maximum absolute atomic E-state index is 13.5.